The maximum absolute atomic E-state index is 13.5. The lowest BCUT2D eigenvalue weighted by Crippen LogP contribution is -2.24. The number of halogens is 1. The summed E-state index contributed by atoms with van der Waals surface area (Å²) < 4.78 is 8.19. The Morgan fingerprint density at radius 3 is 2.26 bits per heavy atom. The molecule has 0 saturated heterocycles. The molecule has 0 spiro atoms. The number of amides is 1. The summed E-state index contributed by atoms with van der Waals surface area (Å²) >= 11 is 3.48. The van der Waals surface area contributed by atoms with E-state index in [1.807, 2.05) is 81.4 Å². The average molecular weight is 519 g/mol. The number of carbonyl (C=O) groups is 2. The molecule has 0 atom stereocenters. The normalized spacial score (nSPS) is 14.9. The standard InChI is InChI=1S/C28H27BrN2O3/c1-17-6-8-21(9-7-17)16-30-20(4)26(28(33)34-5)25(27(30)32)15-22-14-18(2)31(19(22)3)24-12-10-23(29)11-13-24/h6-15H,16H2,1-5H3/b25-15-. The highest BCUT2D eigenvalue weighted by Crippen LogP contribution is 2.34. The lowest BCUT2D eigenvalue weighted by atomic mass is 10.0. The molecule has 3 aromatic rings. The van der Waals surface area contributed by atoms with Crippen LogP contribution in [0.15, 0.2) is 75.9 Å². The highest BCUT2D eigenvalue weighted by Gasteiger charge is 2.37. The number of hydrogen-bond donors (Lipinski definition) is 0. The lowest BCUT2D eigenvalue weighted by molar-refractivity contribution is -0.136. The Bertz CT molecular complexity index is 1330. The number of rotatable bonds is 5. The molecule has 4 rings (SSSR count). The van der Waals surface area contributed by atoms with Crippen molar-refractivity contribution in [3.63, 3.8) is 0 Å². The largest absolute Gasteiger partial charge is 0.465 e. The molecule has 1 aliphatic heterocycles. The summed E-state index contributed by atoms with van der Waals surface area (Å²) in [6.07, 6.45) is 1.81. The summed E-state index contributed by atoms with van der Waals surface area (Å²) in [6, 6.07) is 18.1. The van der Waals surface area contributed by atoms with Gasteiger partial charge >= 0.3 is 5.97 Å². The van der Waals surface area contributed by atoms with Gasteiger partial charge in [0.05, 0.1) is 24.8 Å². The predicted octanol–water partition coefficient (Wildman–Crippen LogP) is 6.04. The second-order valence-corrected chi connectivity index (χ2v) is 9.44. The molecular weight excluding hydrogens is 492 g/mol. The van der Waals surface area contributed by atoms with Crippen molar-refractivity contribution >= 4 is 33.9 Å². The summed E-state index contributed by atoms with van der Waals surface area (Å²) in [7, 11) is 1.34. The zero-order valence-corrected chi connectivity index (χ0v) is 21.6. The minimum Gasteiger partial charge on any atom is -0.465 e. The van der Waals surface area contributed by atoms with E-state index in [2.05, 4.69) is 20.5 Å². The molecule has 0 unspecified atom stereocenters. The summed E-state index contributed by atoms with van der Waals surface area (Å²) in [6.45, 7) is 8.25. The van der Waals surface area contributed by atoms with E-state index in [-0.39, 0.29) is 5.91 Å². The number of hydrogen-bond acceptors (Lipinski definition) is 3. The van der Waals surface area contributed by atoms with E-state index in [4.69, 9.17) is 4.74 Å². The Hall–Kier alpha value is -3.38. The maximum atomic E-state index is 13.5. The molecule has 0 N–H and O–H groups in total. The molecule has 34 heavy (non-hydrogen) atoms. The van der Waals surface area contributed by atoms with E-state index in [9.17, 15) is 9.59 Å². The number of methoxy groups -OCH3 is 1. The van der Waals surface area contributed by atoms with Crippen LogP contribution in [0.1, 0.15) is 35.0 Å². The van der Waals surface area contributed by atoms with Crippen molar-refractivity contribution in [3.8, 4) is 5.69 Å². The molecule has 5 nitrogen and oxygen atoms in total. The molecule has 1 aromatic heterocycles. The van der Waals surface area contributed by atoms with Crippen LogP contribution in [-0.2, 0) is 20.9 Å². The predicted molar refractivity (Wildman–Crippen MR) is 137 cm³/mol. The summed E-state index contributed by atoms with van der Waals surface area (Å²) in [4.78, 5) is 27.9. The highest BCUT2D eigenvalue weighted by atomic mass is 79.9. The zero-order chi connectivity index (χ0) is 24.6. The molecule has 174 valence electrons. The number of esters is 1. The molecule has 1 amide bonds. The third-order valence-corrected chi connectivity index (χ3v) is 6.75. The van der Waals surface area contributed by atoms with Crippen molar-refractivity contribution in [3.05, 3.63) is 104 Å². The number of carbonyl (C=O) groups excluding carboxylic acids is 2. The van der Waals surface area contributed by atoms with E-state index >= 15 is 0 Å². The van der Waals surface area contributed by atoms with Crippen LogP contribution in [0.2, 0.25) is 0 Å². The van der Waals surface area contributed by atoms with Crippen LogP contribution >= 0.6 is 15.9 Å². The molecule has 0 saturated carbocycles. The quantitative estimate of drug-likeness (QED) is 0.305. The fourth-order valence-electron chi connectivity index (χ4n) is 4.37. The third-order valence-electron chi connectivity index (χ3n) is 6.22. The van der Waals surface area contributed by atoms with Crippen LogP contribution in [-0.4, -0.2) is 28.5 Å². The van der Waals surface area contributed by atoms with E-state index in [0.29, 0.717) is 23.4 Å². The Labute approximate surface area is 208 Å². The van der Waals surface area contributed by atoms with Crippen molar-refractivity contribution in [2.75, 3.05) is 7.11 Å². The topological polar surface area (TPSA) is 51.5 Å². The zero-order valence-electron chi connectivity index (χ0n) is 20.0. The van der Waals surface area contributed by atoms with E-state index in [1.54, 1.807) is 11.8 Å². The first-order valence-corrected chi connectivity index (χ1v) is 11.8. The summed E-state index contributed by atoms with van der Waals surface area (Å²) in [5.41, 5.74) is 7.36. The van der Waals surface area contributed by atoms with Gasteiger partial charge in [-0.25, -0.2) is 4.79 Å². The Morgan fingerprint density at radius 2 is 1.65 bits per heavy atom. The molecule has 6 heteroatoms. The smallest absolute Gasteiger partial charge is 0.340 e. The van der Waals surface area contributed by atoms with Crippen LogP contribution in [0.3, 0.4) is 0 Å². The Balaban J connectivity index is 1.77. The van der Waals surface area contributed by atoms with Crippen LogP contribution in [0.4, 0.5) is 0 Å². The van der Waals surface area contributed by atoms with Gasteiger partial charge in [-0.3, -0.25) is 4.79 Å². The first-order chi connectivity index (χ1) is 16.2. The molecule has 0 radical (unpaired) electrons. The van der Waals surface area contributed by atoms with Crippen molar-refractivity contribution in [1.29, 1.82) is 0 Å². The lowest BCUT2D eigenvalue weighted by Gasteiger charge is -2.18. The second-order valence-electron chi connectivity index (χ2n) is 8.53. The van der Waals surface area contributed by atoms with Gasteiger partial charge in [0, 0.05) is 27.2 Å². The van der Waals surface area contributed by atoms with Crippen LogP contribution in [0.5, 0.6) is 0 Å². The van der Waals surface area contributed by atoms with Gasteiger partial charge < -0.3 is 14.2 Å². The molecule has 0 fully saturated rings. The number of aromatic nitrogens is 1. The van der Waals surface area contributed by atoms with Crippen molar-refractivity contribution in [2.45, 2.75) is 34.2 Å². The van der Waals surface area contributed by atoms with Gasteiger partial charge in [-0.2, -0.15) is 0 Å². The van der Waals surface area contributed by atoms with Crippen molar-refractivity contribution in [2.24, 2.45) is 0 Å². The second kappa shape index (κ2) is 9.47. The van der Waals surface area contributed by atoms with Crippen molar-refractivity contribution < 1.29 is 14.3 Å². The van der Waals surface area contributed by atoms with Gasteiger partial charge in [-0.1, -0.05) is 45.8 Å². The number of ether oxygens (including phenoxy) is 1. The average Bonchev–Trinajstić information content (AvgIpc) is 3.22. The monoisotopic (exact) mass is 518 g/mol. The number of nitrogens with zero attached hydrogens (tertiary/aromatic N) is 2. The molecule has 0 bridgehead atoms. The van der Waals surface area contributed by atoms with Gasteiger partial charge in [0.25, 0.3) is 5.91 Å². The Kier molecular flexibility index (Phi) is 6.62. The van der Waals surface area contributed by atoms with Gasteiger partial charge in [0.15, 0.2) is 0 Å². The fourth-order valence-corrected chi connectivity index (χ4v) is 4.64. The minimum atomic E-state index is -0.509. The van der Waals surface area contributed by atoms with Gasteiger partial charge in [0.2, 0.25) is 0 Å². The summed E-state index contributed by atoms with van der Waals surface area (Å²) in [5.74, 6) is -0.711. The van der Waals surface area contributed by atoms with Crippen LogP contribution < -0.4 is 0 Å². The van der Waals surface area contributed by atoms with Gasteiger partial charge in [-0.05, 0) is 75.2 Å². The third kappa shape index (κ3) is 4.38. The molecular formula is C28H27BrN2O3. The van der Waals surface area contributed by atoms with Gasteiger partial charge in [0.1, 0.15) is 0 Å². The van der Waals surface area contributed by atoms with E-state index < -0.39 is 5.97 Å². The van der Waals surface area contributed by atoms with E-state index in [1.165, 1.54) is 7.11 Å². The first-order valence-electron chi connectivity index (χ1n) is 11.0. The fraction of sp³-hybridized carbons (Fsp3) is 0.214. The number of benzene rings is 2. The maximum Gasteiger partial charge on any atom is 0.340 e. The molecule has 2 aromatic carbocycles. The van der Waals surface area contributed by atoms with E-state index in [0.717, 1.165) is 38.2 Å². The van der Waals surface area contributed by atoms with Gasteiger partial charge in [-0.15, -0.1) is 0 Å². The first kappa shape index (κ1) is 23.8. The Morgan fingerprint density at radius 1 is 1.00 bits per heavy atom. The highest BCUT2D eigenvalue weighted by molar-refractivity contribution is 9.10. The molecule has 2 heterocycles. The number of allylic oxidation sites excluding steroid dienone is 1. The van der Waals surface area contributed by atoms with Crippen molar-refractivity contribution in [1.82, 2.24) is 9.47 Å². The number of aryl methyl sites for hydroxylation is 2. The minimum absolute atomic E-state index is 0.202. The van der Waals surface area contributed by atoms with Crippen LogP contribution in [0.25, 0.3) is 11.8 Å². The molecule has 0 aliphatic carbocycles. The molecule has 1 aliphatic rings. The summed E-state index contributed by atoms with van der Waals surface area (Å²) in [5, 5.41) is 0. The SMILES string of the molecule is COC(=O)C1=C(C)N(Cc2ccc(C)cc2)C(=O)/C1=C\c1cc(C)n(-c2ccc(Br)cc2)c1C. The van der Waals surface area contributed by atoms with Crippen LogP contribution in [0, 0.1) is 20.8 Å².